The SMILES string of the molecule is CC(NC(=O)C(C)(C)Oc1ccc(C(F)(F)F)cn1)C(Cc1ccc(C(F)(F)F)cn1)c1cccc(OCC(=N)N)c1. The summed E-state index contributed by atoms with van der Waals surface area (Å²) in [6.45, 7) is 4.35. The zero-order valence-corrected chi connectivity index (χ0v) is 22.8. The van der Waals surface area contributed by atoms with Gasteiger partial charge in [-0.25, -0.2) is 4.98 Å². The number of aromatic nitrogens is 2. The zero-order chi connectivity index (χ0) is 31.3. The van der Waals surface area contributed by atoms with Gasteiger partial charge in [-0.2, -0.15) is 26.3 Å². The van der Waals surface area contributed by atoms with Crippen LogP contribution < -0.4 is 20.5 Å². The predicted molar refractivity (Wildman–Crippen MR) is 141 cm³/mol. The summed E-state index contributed by atoms with van der Waals surface area (Å²) in [5.74, 6) is -1.17. The van der Waals surface area contributed by atoms with Crippen LogP contribution in [0.15, 0.2) is 60.9 Å². The highest BCUT2D eigenvalue weighted by atomic mass is 19.4. The average molecular weight is 598 g/mol. The standard InChI is InChI=1S/C28H29F6N5O3/c1-16(39-25(40)26(2,3)42-24-10-8-19(14-38-24)28(32,33)34)22(12-20-9-7-18(13-37-20)27(29,30)31)17-5-4-6-21(11-17)41-15-23(35)36/h4-11,13-14,16,22H,12,15H2,1-3H3,(H3,35,36)(H,39,40). The van der Waals surface area contributed by atoms with Crippen molar-refractivity contribution in [3.05, 3.63) is 83.3 Å². The van der Waals surface area contributed by atoms with Crippen molar-refractivity contribution < 1.29 is 40.6 Å². The molecular weight excluding hydrogens is 568 g/mol. The van der Waals surface area contributed by atoms with Gasteiger partial charge in [-0.15, -0.1) is 0 Å². The van der Waals surface area contributed by atoms with Crippen molar-refractivity contribution >= 4 is 11.7 Å². The third kappa shape index (κ3) is 8.82. The molecule has 2 aromatic heterocycles. The molecule has 4 N–H and O–H groups in total. The van der Waals surface area contributed by atoms with E-state index in [-0.39, 0.29) is 24.7 Å². The minimum Gasteiger partial charge on any atom is -0.486 e. The Morgan fingerprint density at radius 1 is 0.976 bits per heavy atom. The fourth-order valence-corrected chi connectivity index (χ4v) is 3.91. The van der Waals surface area contributed by atoms with Gasteiger partial charge in [-0.3, -0.25) is 15.2 Å². The average Bonchev–Trinajstić information content (AvgIpc) is 2.90. The van der Waals surface area contributed by atoms with Crippen LogP contribution in [0, 0.1) is 5.41 Å². The fraction of sp³-hybridized carbons (Fsp3) is 0.357. The van der Waals surface area contributed by atoms with E-state index in [1.807, 2.05) is 0 Å². The van der Waals surface area contributed by atoms with Gasteiger partial charge in [0.2, 0.25) is 5.88 Å². The number of nitrogens with two attached hydrogens (primary N) is 1. The second-order valence-electron chi connectivity index (χ2n) is 9.99. The Hall–Kier alpha value is -4.36. The van der Waals surface area contributed by atoms with E-state index in [0.29, 0.717) is 23.2 Å². The number of carbonyl (C=O) groups excluding carboxylic acids is 1. The van der Waals surface area contributed by atoms with E-state index >= 15 is 0 Å². The highest BCUT2D eigenvalue weighted by molar-refractivity contribution is 5.85. The molecule has 0 aliphatic rings. The Morgan fingerprint density at radius 3 is 2.12 bits per heavy atom. The Labute approximate surface area is 237 Å². The molecule has 42 heavy (non-hydrogen) atoms. The minimum absolute atomic E-state index is 0.123. The fourth-order valence-electron chi connectivity index (χ4n) is 3.91. The Morgan fingerprint density at radius 2 is 1.60 bits per heavy atom. The first kappa shape index (κ1) is 32.2. The smallest absolute Gasteiger partial charge is 0.417 e. The van der Waals surface area contributed by atoms with Gasteiger partial charge in [-0.05, 0) is 63.1 Å². The van der Waals surface area contributed by atoms with Crippen LogP contribution >= 0.6 is 0 Å². The summed E-state index contributed by atoms with van der Waals surface area (Å²) in [5.41, 5.74) is 2.90. The van der Waals surface area contributed by atoms with Gasteiger partial charge in [0.15, 0.2) is 5.60 Å². The number of amidine groups is 1. The van der Waals surface area contributed by atoms with Gasteiger partial charge < -0.3 is 20.5 Å². The van der Waals surface area contributed by atoms with Crippen molar-refractivity contribution in [1.82, 2.24) is 15.3 Å². The van der Waals surface area contributed by atoms with E-state index in [0.717, 1.165) is 24.4 Å². The summed E-state index contributed by atoms with van der Waals surface area (Å²) in [6, 6.07) is 10.0. The molecule has 0 spiro atoms. The van der Waals surface area contributed by atoms with Crippen LogP contribution in [0.3, 0.4) is 0 Å². The molecule has 1 amide bonds. The minimum atomic E-state index is -4.58. The third-order valence-corrected chi connectivity index (χ3v) is 6.19. The molecule has 2 atom stereocenters. The lowest BCUT2D eigenvalue weighted by Gasteiger charge is -2.30. The molecule has 0 bridgehead atoms. The third-order valence-electron chi connectivity index (χ3n) is 6.19. The topological polar surface area (TPSA) is 123 Å². The zero-order valence-electron chi connectivity index (χ0n) is 22.8. The monoisotopic (exact) mass is 597 g/mol. The number of ether oxygens (including phenoxy) is 2. The van der Waals surface area contributed by atoms with Crippen LogP contribution in [-0.4, -0.2) is 40.0 Å². The molecule has 1 aromatic carbocycles. The van der Waals surface area contributed by atoms with E-state index in [2.05, 4.69) is 15.3 Å². The molecule has 0 aliphatic heterocycles. The second-order valence-corrected chi connectivity index (χ2v) is 9.99. The van der Waals surface area contributed by atoms with Crippen molar-refractivity contribution in [2.45, 2.75) is 57.1 Å². The van der Waals surface area contributed by atoms with Crippen LogP contribution in [0.25, 0.3) is 0 Å². The number of alkyl halides is 6. The summed E-state index contributed by atoms with van der Waals surface area (Å²) in [5, 5.41) is 10.2. The van der Waals surface area contributed by atoms with Crippen molar-refractivity contribution in [3.8, 4) is 11.6 Å². The lowest BCUT2D eigenvalue weighted by atomic mass is 9.87. The van der Waals surface area contributed by atoms with E-state index in [4.69, 9.17) is 20.6 Å². The predicted octanol–water partition coefficient (Wildman–Crippen LogP) is 5.52. The second kappa shape index (κ2) is 12.7. The van der Waals surface area contributed by atoms with E-state index in [1.165, 1.54) is 19.9 Å². The van der Waals surface area contributed by atoms with E-state index < -0.39 is 46.9 Å². The molecule has 0 saturated carbocycles. The van der Waals surface area contributed by atoms with Gasteiger partial charge >= 0.3 is 12.4 Å². The van der Waals surface area contributed by atoms with Gasteiger partial charge in [0, 0.05) is 36.1 Å². The summed E-state index contributed by atoms with van der Waals surface area (Å²) in [6.07, 6.45) is -7.69. The Balaban J connectivity index is 1.83. The molecular formula is C28H29F6N5O3. The van der Waals surface area contributed by atoms with Crippen molar-refractivity contribution in [2.75, 3.05) is 6.61 Å². The van der Waals surface area contributed by atoms with E-state index in [9.17, 15) is 31.1 Å². The Kier molecular flexibility index (Phi) is 9.69. The van der Waals surface area contributed by atoms with Crippen LogP contribution in [0.4, 0.5) is 26.3 Å². The maximum atomic E-state index is 13.2. The molecule has 3 rings (SSSR count). The molecule has 0 aliphatic carbocycles. The largest absolute Gasteiger partial charge is 0.486 e. The number of amides is 1. The van der Waals surface area contributed by atoms with Crippen molar-refractivity contribution in [3.63, 3.8) is 0 Å². The molecule has 2 heterocycles. The number of hydrogen-bond acceptors (Lipinski definition) is 6. The van der Waals surface area contributed by atoms with Gasteiger partial charge in [0.25, 0.3) is 5.91 Å². The molecule has 0 saturated heterocycles. The first-order valence-electron chi connectivity index (χ1n) is 12.6. The lowest BCUT2D eigenvalue weighted by molar-refractivity contribution is -0.138. The quantitative estimate of drug-likeness (QED) is 0.152. The molecule has 0 radical (unpaired) electrons. The summed E-state index contributed by atoms with van der Waals surface area (Å²) in [7, 11) is 0. The normalized spacial score (nSPS) is 13.6. The van der Waals surface area contributed by atoms with Crippen LogP contribution in [0.5, 0.6) is 11.6 Å². The van der Waals surface area contributed by atoms with Crippen LogP contribution in [-0.2, 0) is 23.6 Å². The maximum absolute atomic E-state index is 13.2. The number of rotatable bonds is 11. The van der Waals surface area contributed by atoms with Gasteiger partial charge in [-0.1, -0.05) is 12.1 Å². The molecule has 14 heteroatoms. The highest BCUT2D eigenvalue weighted by Crippen LogP contribution is 2.32. The number of halogens is 6. The van der Waals surface area contributed by atoms with Crippen LogP contribution in [0.2, 0.25) is 0 Å². The number of nitrogens with one attached hydrogen (secondary N) is 2. The summed E-state index contributed by atoms with van der Waals surface area (Å²) >= 11 is 0. The number of hydrogen-bond donors (Lipinski definition) is 3. The Bertz CT molecular complexity index is 1380. The maximum Gasteiger partial charge on any atom is 0.417 e. The molecule has 226 valence electrons. The lowest BCUT2D eigenvalue weighted by Crippen LogP contribution is -2.51. The number of nitrogens with zero attached hydrogens (tertiary/aromatic N) is 2. The van der Waals surface area contributed by atoms with Crippen LogP contribution in [0.1, 0.15) is 49.1 Å². The summed E-state index contributed by atoms with van der Waals surface area (Å²) < 4.78 is 88.8. The molecule has 8 nitrogen and oxygen atoms in total. The number of pyridine rings is 2. The summed E-state index contributed by atoms with van der Waals surface area (Å²) in [4.78, 5) is 20.9. The van der Waals surface area contributed by atoms with E-state index in [1.54, 1.807) is 31.2 Å². The first-order chi connectivity index (χ1) is 19.5. The van der Waals surface area contributed by atoms with Crippen molar-refractivity contribution in [1.29, 1.82) is 5.41 Å². The highest BCUT2D eigenvalue weighted by Gasteiger charge is 2.35. The number of carbonyl (C=O) groups is 1. The molecule has 2 unspecified atom stereocenters. The first-order valence-corrected chi connectivity index (χ1v) is 12.6. The van der Waals surface area contributed by atoms with Gasteiger partial charge in [0.05, 0.1) is 11.1 Å². The molecule has 3 aromatic rings. The molecule has 0 fully saturated rings. The van der Waals surface area contributed by atoms with Crippen molar-refractivity contribution in [2.24, 2.45) is 5.73 Å². The number of benzene rings is 1. The van der Waals surface area contributed by atoms with Gasteiger partial charge in [0.1, 0.15) is 18.2 Å².